The molecular formula is C13H18Cl2F3N3O2. The monoisotopic (exact) mass is 375 g/mol. The third-order valence-corrected chi connectivity index (χ3v) is 3.06. The van der Waals surface area contributed by atoms with Crippen molar-refractivity contribution in [3.63, 3.8) is 0 Å². The molecule has 0 aliphatic carbocycles. The zero-order chi connectivity index (χ0) is 15.3. The van der Waals surface area contributed by atoms with E-state index in [-0.39, 0.29) is 42.5 Å². The number of hydrogen-bond acceptors (Lipinski definition) is 4. The molecule has 23 heavy (non-hydrogen) atoms. The number of piperidine rings is 1. The molecule has 132 valence electrons. The minimum atomic E-state index is -4.40. The quantitative estimate of drug-likeness (QED) is 0.849. The van der Waals surface area contributed by atoms with Gasteiger partial charge in [-0.25, -0.2) is 4.98 Å². The first-order valence-electron chi connectivity index (χ1n) is 6.61. The Morgan fingerprint density at radius 3 is 2.65 bits per heavy atom. The Bertz CT molecular complexity index is 480. The van der Waals surface area contributed by atoms with Crippen LogP contribution in [0, 0.1) is 5.92 Å². The normalized spacial score (nSPS) is 17.4. The van der Waals surface area contributed by atoms with Gasteiger partial charge in [0.05, 0.1) is 17.8 Å². The molecule has 0 saturated carbocycles. The molecule has 0 spiro atoms. The Hall–Kier alpha value is -1.25. The van der Waals surface area contributed by atoms with Crippen molar-refractivity contribution in [1.82, 2.24) is 10.3 Å². The Balaban J connectivity index is 0.00000242. The molecule has 1 amide bonds. The number of aromatic nitrogens is 1. The van der Waals surface area contributed by atoms with Crippen molar-refractivity contribution in [2.24, 2.45) is 5.92 Å². The van der Waals surface area contributed by atoms with E-state index in [1.54, 1.807) is 0 Å². The van der Waals surface area contributed by atoms with Crippen molar-refractivity contribution >= 4 is 36.4 Å². The highest BCUT2D eigenvalue weighted by Crippen LogP contribution is 2.19. The van der Waals surface area contributed by atoms with Gasteiger partial charge in [-0.3, -0.25) is 4.79 Å². The summed E-state index contributed by atoms with van der Waals surface area (Å²) in [5, 5.41) is 5.83. The van der Waals surface area contributed by atoms with Crippen molar-refractivity contribution in [1.29, 1.82) is 0 Å². The molecule has 5 nitrogen and oxygen atoms in total. The Labute approximate surface area is 144 Å². The maximum atomic E-state index is 12.0. The van der Waals surface area contributed by atoms with E-state index in [1.165, 1.54) is 18.3 Å². The van der Waals surface area contributed by atoms with Gasteiger partial charge < -0.3 is 15.4 Å². The molecule has 1 atom stereocenters. The van der Waals surface area contributed by atoms with Crippen LogP contribution in [0.1, 0.15) is 12.8 Å². The maximum absolute atomic E-state index is 12.0. The molecule has 0 aromatic carbocycles. The summed E-state index contributed by atoms with van der Waals surface area (Å²) in [6.07, 6.45) is -1.36. The number of anilines is 1. The predicted molar refractivity (Wildman–Crippen MR) is 84.5 cm³/mol. The first kappa shape index (κ1) is 21.8. The summed E-state index contributed by atoms with van der Waals surface area (Å²) >= 11 is 0. The number of amides is 1. The Kier molecular flexibility index (Phi) is 9.26. The molecule has 10 heteroatoms. The minimum Gasteiger partial charge on any atom is -0.468 e. The standard InChI is InChI=1S/C13H16F3N3O2.2ClH/c14-13(15,16)8-21-11-4-3-10(7-18-11)19-12(20)9-2-1-5-17-6-9;;/h3-4,7,9,17H,1-2,5-6,8H2,(H,19,20);2*1H/t9-;;/m1../s1. The molecule has 1 aromatic rings. The van der Waals surface area contributed by atoms with Gasteiger partial charge in [0.1, 0.15) is 0 Å². The van der Waals surface area contributed by atoms with E-state index in [0.29, 0.717) is 12.2 Å². The van der Waals surface area contributed by atoms with Gasteiger partial charge in [-0.1, -0.05) is 0 Å². The number of carbonyl (C=O) groups is 1. The van der Waals surface area contributed by atoms with Crippen LogP contribution in [0.4, 0.5) is 18.9 Å². The fourth-order valence-corrected chi connectivity index (χ4v) is 2.02. The molecular weight excluding hydrogens is 358 g/mol. The van der Waals surface area contributed by atoms with Crippen LogP contribution >= 0.6 is 24.8 Å². The Morgan fingerprint density at radius 1 is 1.39 bits per heavy atom. The molecule has 2 N–H and O–H groups in total. The highest BCUT2D eigenvalue weighted by Gasteiger charge is 2.28. The number of ether oxygens (including phenoxy) is 1. The highest BCUT2D eigenvalue weighted by molar-refractivity contribution is 5.92. The number of nitrogens with zero attached hydrogens (tertiary/aromatic N) is 1. The number of rotatable bonds is 4. The zero-order valence-electron chi connectivity index (χ0n) is 12.1. The van der Waals surface area contributed by atoms with Crippen LogP contribution in [0.25, 0.3) is 0 Å². The lowest BCUT2D eigenvalue weighted by molar-refractivity contribution is -0.154. The number of nitrogens with one attached hydrogen (secondary N) is 2. The van der Waals surface area contributed by atoms with E-state index in [4.69, 9.17) is 0 Å². The first-order chi connectivity index (χ1) is 9.94. The number of halogens is 5. The van der Waals surface area contributed by atoms with Gasteiger partial charge in [-0.2, -0.15) is 13.2 Å². The highest BCUT2D eigenvalue weighted by atomic mass is 35.5. The lowest BCUT2D eigenvalue weighted by atomic mass is 9.99. The number of alkyl halides is 3. The number of pyridine rings is 1. The first-order valence-corrected chi connectivity index (χ1v) is 6.61. The average molecular weight is 376 g/mol. The van der Waals surface area contributed by atoms with Crippen LogP contribution in [0.5, 0.6) is 5.88 Å². The second kappa shape index (κ2) is 9.79. The molecule has 1 aromatic heterocycles. The third-order valence-electron chi connectivity index (χ3n) is 3.06. The van der Waals surface area contributed by atoms with Crippen molar-refractivity contribution in [2.45, 2.75) is 19.0 Å². The van der Waals surface area contributed by atoms with Crippen molar-refractivity contribution in [3.8, 4) is 5.88 Å². The summed E-state index contributed by atoms with van der Waals surface area (Å²) < 4.78 is 40.4. The second-order valence-corrected chi connectivity index (χ2v) is 4.82. The van der Waals surface area contributed by atoms with Gasteiger partial charge in [0.2, 0.25) is 11.8 Å². The van der Waals surface area contributed by atoms with Crippen LogP contribution in [-0.2, 0) is 4.79 Å². The average Bonchev–Trinajstić information content (AvgIpc) is 2.46. The molecule has 0 radical (unpaired) electrons. The molecule has 1 saturated heterocycles. The molecule has 2 heterocycles. The van der Waals surface area contributed by atoms with Crippen LogP contribution in [0.2, 0.25) is 0 Å². The zero-order valence-corrected chi connectivity index (χ0v) is 13.7. The SMILES string of the molecule is Cl.Cl.O=C(Nc1ccc(OCC(F)(F)F)nc1)[C@@H]1CCCNC1. The van der Waals surface area contributed by atoms with Gasteiger partial charge in [0, 0.05) is 12.6 Å². The summed E-state index contributed by atoms with van der Waals surface area (Å²) in [7, 11) is 0. The van der Waals surface area contributed by atoms with E-state index >= 15 is 0 Å². The summed E-state index contributed by atoms with van der Waals surface area (Å²) in [5.74, 6) is -0.350. The van der Waals surface area contributed by atoms with E-state index in [0.717, 1.165) is 19.4 Å². The third kappa shape index (κ3) is 7.71. The van der Waals surface area contributed by atoms with Gasteiger partial charge in [-0.05, 0) is 25.5 Å². The minimum absolute atomic E-state index is 0. The lowest BCUT2D eigenvalue weighted by Crippen LogP contribution is -2.37. The molecule has 0 bridgehead atoms. The van der Waals surface area contributed by atoms with Crippen LogP contribution in [-0.4, -0.2) is 36.8 Å². The van der Waals surface area contributed by atoms with Crippen molar-refractivity contribution in [2.75, 3.05) is 25.0 Å². The largest absolute Gasteiger partial charge is 0.468 e. The van der Waals surface area contributed by atoms with Gasteiger partial charge in [-0.15, -0.1) is 24.8 Å². The van der Waals surface area contributed by atoms with Crippen LogP contribution in [0.15, 0.2) is 18.3 Å². The number of hydrogen-bond donors (Lipinski definition) is 2. The summed E-state index contributed by atoms with van der Waals surface area (Å²) in [6.45, 7) is 0.155. The fraction of sp³-hybridized carbons (Fsp3) is 0.538. The van der Waals surface area contributed by atoms with Crippen LogP contribution < -0.4 is 15.4 Å². The van der Waals surface area contributed by atoms with Crippen molar-refractivity contribution < 1.29 is 22.7 Å². The van der Waals surface area contributed by atoms with Gasteiger partial charge in [0.25, 0.3) is 0 Å². The van der Waals surface area contributed by atoms with Crippen LogP contribution in [0.3, 0.4) is 0 Å². The molecule has 1 aliphatic heterocycles. The topological polar surface area (TPSA) is 63.2 Å². The van der Waals surface area contributed by atoms with Gasteiger partial charge in [0.15, 0.2) is 6.61 Å². The maximum Gasteiger partial charge on any atom is 0.422 e. The van der Waals surface area contributed by atoms with E-state index < -0.39 is 12.8 Å². The predicted octanol–water partition coefficient (Wildman–Crippen LogP) is 2.80. The fourth-order valence-electron chi connectivity index (χ4n) is 2.02. The second-order valence-electron chi connectivity index (χ2n) is 4.82. The van der Waals surface area contributed by atoms with E-state index in [9.17, 15) is 18.0 Å². The molecule has 2 rings (SSSR count). The number of carbonyl (C=O) groups excluding carboxylic acids is 1. The smallest absolute Gasteiger partial charge is 0.422 e. The molecule has 0 unspecified atom stereocenters. The lowest BCUT2D eigenvalue weighted by Gasteiger charge is -2.21. The van der Waals surface area contributed by atoms with Gasteiger partial charge >= 0.3 is 6.18 Å². The molecule has 1 aliphatic rings. The van der Waals surface area contributed by atoms with Crippen molar-refractivity contribution in [3.05, 3.63) is 18.3 Å². The van der Waals surface area contributed by atoms with E-state index in [2.05, 4.69) is 20.4 Å². The molecule has 1 fully saturated rings. The summed E-state index contributed by atoms with van der Waals surface area (Å²) in [4.78, 5) is 15.7. The van der Waals surface area contributed by atoms with E-state index in [1.807, 2.05) is 0 Å². The summed E-state index contributed by atoms with van der Waals surface area (Å²) in [5.41, 5.74) is 0.435. The summed E-state index contributed by atoms with van der Waals surface area (Å²) in [6, 6.07) is 2.76. The Morgan fingerprint density at radius 2 is 2.13 bits per heavy atom.